The van der Waals surface area contributed by atoms with Crippen LogP contribution in [0.25, 0.3) is 11.1 Å². The van der Waals surface area contributed by atoms with Crippen LogP contribution in [0, 0.1) is 0 Å². The molecule has 0 unspecified atom stereocenters. The summed E-state index contributed by atoms with van der Waals surface area (Å²) in [4.78, 5) is 30.1. The van der Waals surface area contributed by atoms with E-state index in [0.29, 0.717) is 33.7 Å². The van der Waals surface area contributed by atoms with Gasteiger partial charge in [0.05, 0.1) is 27.4 Å². The van der Waals surface area contributed by atoms with Gasteiger partial charge in [-0.2, -0.15) is 0 Å². The fourth-order valence-corrected chi connectivity index (χ4v) is 5.00. The zero-order valence-electron chi connectivity index (χ0n) is 20.0. The number of ether oxygens (including phenoxy) is 3. The third kappa shape index (κ3) is 6.04. The molecule has 0 aliphatic carbocycles. The number of hydrogen-bond acceptors (Lipinski definition) is 8. The maximum absolute atomic E-state index is 12.8. The van der Waals surface area contributed by atoms with Crippen LogP contribution in [-0.2, 0) is 9.53 Å². The number of nitrogens with zero attached hydrogens (tertiary/aromatic N) is 2. The van der Waals surface area contributed by atoms with Gasteiger partial charge in [0.25, 0.3) is 0 Å². The number of likely N-dealkylation sites (tertiary alicyclic amines) is 1. The first-order valence-electron chi connectivity index (χ1n) is 11.1. The van der Waals surface area contributed by atoms with Gasteiger partial charge in [-0.1, -0.05) is 6.07 Å². The summed E-state index contributed by atoms with van der Waals surface area (Å²) in [5.41, 5.74) is 1.80. The highest BCUT2D eigenvalue weighted by molar-refractivity contribution is 7.15. The van der Waals surface area contributed by atoms with Gasteiger partial charge >= 0.3 is 5.97 Å². The first kappa shape index (κ1) is 25.0. The molecule has 1 aromatic heterocycles. The van der Waals surface area contributed by atoms with Crippen molar-refractivity contribution in [3.63, 3.8) is 0 Å². The molecule has 1 amide bonds. The Kier molecular flexibility index (Phi) is 8.71. The lowest BCUT2D eigenvalue weighted by atomic mass is 10.0. The van der Waals surface area contributed by atoms with Gasteiger partial charge in [0, 0.05) is 17.0 Å². The highest BCUT2D eigenvalue weighted by Gasteiger charge is 2.26. The van der Waals surface area contributed by atoms with Crippen LogP contribution in [0.5, 0.6) is 11.5 Å². The number of carbonyl (C=O) groups excluding carboxylic acids is 2. The first-order valence-corrected chi connectivity index (χ1v) is 12.0. The van der Waals surface area contributed by atoms with E-state index in [0.717, 1.165) is 31.5 Å². The Morgan fingerprint density at radius 2 is 1.88 bits per heavy atom. The molecule has 8 nitrogen and oxygen atoms in total. The van der Waals surface area contributed by atoms with Crippen molar-refractivity contribution in [2.24, 2.45) is 0 Å². The molecule has 1 aliphatic heterocycles. The number of rotatable bonds is 9. The number of esters is 1. The number of likely N-dealkylation sites (N-methyl/N-ethyl adjacent to an activating group) is 1. The largest absolute Gasteiger partial charge is 0.493 e. The van der Waals surface area contributed by atoms with Gasteiger partial charge in [0.2, 0.25) is 5.91 Å². The number of nitrogens with one attached hydrogen (secondary N) is 1. The van der Waals surface area contributed by atoms with Crippen molar-refractivity contribution in [3.05, 3.63) is 29.1 Å². The molecule has 1 N–H and O–H groups in total. The summed E-state index contributed by atoms with van der Waals surface area (Å²) in [5.74, 6) is 0.533. The van der Waals surface area contributed by atoms with Crippen LogP contribution in [0.15, 0.2) is 23.6 Å². The summed E-state index contributed by atoms with van der Waals surface area (Å²) in [5, 5.41) is 5.28. The molecule has 0 spiro atoms. The summed E-state index contributed by atoms with van der Waals surface area (Å²) < 4.78 is 16.0. The van der Waals surface area contributed by atoms with Crippen molar-refractivity contribution in [2.45, 2.75) is 25.8 Å². The number of amides is 1. The minimum Gasteiger partial charge on any atom is -0.493 e. The Hall–Kier alpha value is -2.62. The van der Waals surface area contributed by atoms with E-state index in [1.54, 1.807) is 27.2 Å². The van der Waals surface area contributed by atoms with Crippen molar-refractivity contribution in [1.82, 2.24) is 9.80 Å². The van der Waals surface area contributed by atoms with Crippen molar-refractivity contribution in [3.8, 4) is 22.6 Å². The molecule has 0 atom stereocenters. The third-order valence-corrected chi connectivity index (χ3v) is 6.82. The maximum Gasteiger partial charge on any atom is 0.341 e. The van der Waals surface area contributed by atoms with E-state index in [-0.39, 0.29) is 19.1 Å². The van der Waals surface area contributed by atoms with Gasteiger partial charge in [-0.15, -0.1) is 11.3 Å². The number of benzene rings is 1. The standard InChI is InChI=1S/C24H33N3O5S/c1-6-32-24(29)22-18(16-7-8-19(30-4)20(13-16)31-5)15-33-23(22)25-21(28)14-27(3)17-9-11-26(2)12-10-17/h7-8,13,15,17H,6,9-12,14H2,1-5H3,(H,25,28). The van der Waals surface area contributed by atoms with Gasteiger partial charge in [0.1, 0.15) is 10.6 Å². The molecule has 1 fully saturated rings. The second-order valence-corrected chi connectivity index (χ2v) is 9.02. The topological polar surface area (TPSA) is 80.3 Å². The predicted molar refractivity (Wildman–Crippen MR) is 131 cm³/mol. The Labute approximate surface area is 199 Å². The van der Waals surface area contributed by atoms with Crippen LogP contribution in [0.2, 0.25) is 0 Å². The molecule has 0 saturated carbocycles. The molecule has 2 heterocycles. The van der Waals surface area contributed by atoms with E-state index in [9.17, 15) is 9.59 Å². The minimum absolute atomic E-state index is 0.150. The lowest BCUT2D eigenvalue weighted by Gasteiger charge is -2.34. The lowest BCUT2D eigenvalue weighted by Crippen LogP contribution is -2.44. The smallest absolute Gasteiger partial charge is 0.341 e. The Balaban J connectivity index is 1.81. The van der Waals surface area contributed by atoms with Crippen LogP contribution >= 0.6 is 11.3 Å². The number of anilines is 1. The van der Waals surface area contributed by atoms with E-state index < -0.39 is 5.97 Å². The Bertz CT molecular complexity index is 969. The van der Waals surface area contributed by atoms with Crippen molar-refractivity contribution >= 4 is 28.2 Å². The van der Waals surface area contributed by atoms with Crippen molar-refractivity contribution < 1.29 is 23.8 Å². The molecule has 1 saturated heterocycles. The van der Waals surface area contributed by atoms with Crippen LogP contribution in [-0.4, -0.2) is 82.3 Å². The van der Waals surface area contributed by atoms with E-state index in [2.05, 4.69) is 22.2 Å². The number of thiophene rings is 1. The third-order valence-electron chi connectivity index (χ3n) is 5.92. The summed E-state index contributed by atoms with van der Waals surface area (Å²) in [7, 11) is 7.23. The second kappa shape index (κ2) is 11.5. The van der Waals surface area contributed by atoms with Gasteiger partial charge < -0.3 is 24.4 Å². The van der Waals surface area contributed by atoms with E-state index in [1.165, 1.54) is 11.3 Å². The van der Waals surface area contributed by atoms with Crippen molar-refractivity contribution in [2.75, 3.05) is 59.9 Å². The van der Waals surface area contributed by atoms with E-state index in [1.807, 2.05) is 24.6 Å². The fourth-order valence-electron chi connectivity index (χ4n) is 4.03. The van der Waals surface area contributed by atoms with E-state index >= 15 is 0 Å². The lowest BCUT2D eigenvalue weighted by molar-refractivity contribution is -0.117. The number of carbonyl (C=O) groups is 2. The normalized spacial score (nSPS) is 14.8. The summed E-state index contributed by atoms with van der Waals surface area (Å²) in [6, 6.07) is 5.83. The molecule has 1 aromatic carbocycles. The Morgan fingerprint density at radius 1 is 1.18 bits per heavy atom. The summed E-state index contributed by atoms with van der Waals surface area (Å²) in [6.07, 6.45) is 2.08. The predicted octanol–water partition coefficient (Wildman–Crippen LogP) is 3.57. The molecule has 180 valence electrons. The van der Waals surface area contributed by atoms with Gasteiger partial charge in [-0.05, 0) is 64.6 Å². The van der Waals surface area contributed by atoms with E-state index in [4.69, 9.17) is 14.2 Å². The molecule has 1 aliphatic rings. The molecular weight excluding hydrogens is 442 g/mol. The molecular formula is C24H33N3O5S. The molecule has 3 rings (SSSR count). The zero-order chi connectivity index (χ0) is 24.0. The molecule has 0 bridgehead atoms. The van der Waals surface area contributed by atoms with Crippen LogP contribution < -0.4 is 14.8 Å². The van der Waals surface area contributed by atoms with Crippen LogP contribution in [0.4, 0.5) is 5.00 Å². The zero-order valence-corrected chi connectivity index (χ0v) is 20.8. The fraction of sp³-hybridized carbons (Fsp3) is 0.500. The average Bonchev–Trinajstić information content (AvgIpc) is 3.22. The maximum atomic E-state index is 12.8. The van der Waals surface area contributed by atoms with Crippen molar-refractivity contribution in [1.29, 1.82) is 0 Å². The Morgan fingerprint density at radius 3 is 2.52 bits per heavy atom. The van der Waals surface area contributed by atoms with Gasteiger partial charge in [-0.3, -0.25) is 9.69 Å². The number of methoxy groups -OCH3 is 2. The quantitative estimate of drug-likeness (QED) is 0.556. The number of piperidine rings is 1. The second-order valence-electron chi connectivity index (χ2n) is 8.14. The molecule has 33 heavy (non-hydrogen) atoms. The molecule has 2 aromatic rings. The highest BCUT2D eigenvalue weighted by atomic mass is 32.1. The molecule has 9 heteroatoms. The van der Waals surface area contributed by atoms with Crippen LogP contribution in [0.1, 0.15) is 30.1 Å². The minimum atomic E-state index is -0.470. The molecule has 0 radical (unpaired) electrons. The van der Waals surface area contributed by atoms with Gasteiger partial charge in [-0.25, -0.2) is 4.79 Å². The summed E-state index contributed by atoms with van der Waals surface area (Å²) >= 11 is 1.31. The monoisotopic (exact) mass is 475 g/mol. The summed E-state index contributed by atoms with van der Waals surface area (Å²) in [6.45, 7) is 4.33. The van der Waals surface area contributed by atoms with Gasteiger partial charge in [0.15, 0.2) is 11.5 Å². The van der Waals surface area contributed by atoms with Crippen LogP contribution in [0.3, 0.4) is 0 Å². The highest BCUT2D eigenvalue weighted by Crippen LogP contribution is 2.39. The number of hydrogen-bond donors (Lipinski definition) is 1. The first-order chi connectivity index (χ1) is 15.9. The average molecular weight is 476 g/mol. The SMILES string of the molecule is CCOC(=O)c1c(-c2ccc(OC)c(OC)c2)csc1NC(=O)CN(C)C1CCN(C)CC1.